The highest BCUT2D eigenvalue weighted by molar-refractivity contribution is 7.91. The Morgan fingerprint density at radius 1 is 0.800 bits per heavy atom. The van der Waals surface area contributed by atoms with Gasteiger partial charge in [0.25, 0.3) is 0 Å². The summed E-state index contributed by atoms with van der Waals surface area (Å²) in [5, 5.41) is 2.53. The summed E-state index contributed by atoms with van der Waals surface area (Å²) in [6, 6.07) is 30.3. The van der Waals surface area contributed by atoms with Crippen molar-refractivity contribution in [2.75, 3.05) is 23.8 Å². The monoisotopic (exact) mass is 558 g/mol. The molecule has 3 N–H and O–H groups in total. The lowest BCUT2D eigenvalue weighted by Gasteiger charge is -2.25. The molecule has 0 unspecified atom stereocenters. The van der Waals surface area contributed by atoms with Crippen molar-refractivity contribution in [1.82, 2.24) is 10.0 Å². The first-order valence-electron chi connectivity index (χ1n) is 12.5. The molecule has 4 rings (SSSR count). The number of hydrogen-bond acceptors (Lipinski definition) is 5. The highest BCUT2D eigenvalue weighted by atomic mass is 32.2. The van der Waals surface area contributed by atoms with E-state index in [9.17, 15) is 18.0 Å². The van der Waals surface area contributed by atoms with Crippen LogP contribution in [0.3, 0.4) is 0 Å². The van der Waals surface area contributed by atoms with Gasteiger partial charge < -0.3 is 15.0 Å². The number of rotatable bonds is 10. The maximum atomic E-state index is 13.4. The first-order valence-corrected chi connectivity index (χ1v) is 13.9. The Balaban J connectivity index is 1.44. The molecule has 0 spiro atoms. The van der Waals surface area contributed by atoms with Gasteiger partial charge >= 0.3 is 16.2 Å². The SMILES string of the molecule is COc1ccc(N(C)C(=O)[C@H](Cc2ccccc2)NC(=O)NS(=O)(=O)Nc2ccc(-c3ccccc3)cc2)cc1. The molecule has 0 aliphatic carbocycles. The number of anilines is 2. The molecule has 0 aliphatic heterocycles. The maximum absolute atomic E-state index is 13.4. The van der Waals surface area contributed by atoms with E-state index >= 15 is 0 Å². The highest BCUT2D eigenvalue weighted by Gasteiger charge is 2.27. The minimum absolute atomic E-state index is 0.155. The zero-order valence-electron chi connectivity index (χ0n) is 22.1. The number of carbonyl (C=O) groups is 2. The van der Waals surface area contributed by atoms with E-state index in [0.29, 0.717) is 11.4 Å². The first kappa shape index (κ1) is 28.2. The van der Waals surface area contributed by atoms with Gasteiger partial charge in [-0.3, -0.25) is 9.52 Å². The van der Waals surface area contributed by atoms with E-state index in [2.05, 4.69) is 10.0 Å². The summed E-state index contributed by atoms with van der Waals surface area (Å²) in [6.07, 6.45) is 0.155. The van der Waals surface area contributed by atoms with Crippen LogP contribution in [0.5, 0.6) is 5.75 Å². The van der Waals surface area contributed by atoms with Crippen molar-refractivity contribution < 1.29 is 22.7 Å². The molecule has 0 saturated heterocycles. The van der Waals surface area contributed by atoms with E-state index in [-0.39, 0.29) is 12.1 Å². The molecule has 0 radical (unpaired) electrons. The number of hydrogen-bond donors (Lipinski definition) is 3. The van der Waals surface area contributed by atoms with Crippen molar-refractivity contribution in [3.05, 3.63) is 115 Å². The van der Waals surface area contributed by atoms with Gasteiger partial charge in [0, 0.05) is 19.2 Å². The Kier molecular flexibility index (Phi) is 9.03. The Morgan fingerprint density at radius 2 is 1.38 bits per heavy atom. The molecule has 0 aliphatic rings. The Labute approximate surface area is 234 Å². The second-order valence-electron chi connectivity index (χ2n) is 8.96. The number of carbonyl (C=O) groups excluding carboxylic acids is 2. The number of methoxy groups -OCH3 is 1. The van der Waals surface area contributed by atoms with E-state index in [4.69, 9.17) is 4.74 Å². The lowest BCUT2D eigenvalue weighted by Crippen LogP contribution is -2.53. The molecule has 9 nitrogen and oxygen atoms in total. The quantitative estimate of drug-likeness (QED) is 0.263. The van der Waals surface area contributed by atoms with Gasteiger partial charge in [0.1, 0.15) is 11.8 Å². The van der Waals surface area contributed by atoms with Crippen molar-refractivity contribution in [2.45, 2.75) is 12.5 Å². The van der Waals surface area contributed by atoms with E-state index in [0.717, 1.165) is 16.7 Å². The Bertz CT molecular complexity index is 1530. The average Bonchev–Trinajstić information content (AvgIpc) is 2.97. The van der Waals surface area contributed by atoms with Crippen LogP contribution in [0, 0.1) is 0 Å². The second kappa shape index (κ2) is 12.8. The van der Waals surface area contributed by atoms with Crippen LogP contribution in [-0.2, 0) is 21.4 Å². The van der Waals surface area contributed by atoms with Crippen molar-refractivity contribution in [2.24, 2.45) is 0 Å². The summed E-state index contributed by atoms with van der Waals surface area (Å²) in [5.41, 5.74) is 3.56. The van der Waals surface area contributed by atoms with Crippen LogP contribution in [0.4, 0.5) is 16.2 Å². The lowest BCUT2D eigenvalue weighted by atomic mass is 10.0. The molecule has 10 heteroatoms. The molecular weight excluding hydrogens is 528 g/mol. The van der Waals surface area contributed by atoms with Crippen LogP contribution in [0.25, 0.3) is 11.1 Å². The van der Waals surface area contributed by atoms with Crippen LogP contribution in [0.1, 0.15) is 5.56 Å². The Hall–Kier alpha value is -4.83. The number of urea groups is 1. The zero-order valence-corrected chi connectivity index (χ0v) is 22.9. The summed E-state index contributed by atoms with van der Waals surface area (Å²) >= 11 is 0. The number of likely N-dealkylation sites (N-methyl/N-ethyl adjacent to an activating group) is 1. The molecule has 0 aromatic heterocycles. The fourth-order valence-corrected chi connectivity index (χ4v) is 4.87. The average molecular weight is 559 g/mol. The van der Waals surface area contributed by atoms with E-state index < -0.39 is 28.2 Å². The number of nitrogens with zero attached hydrogens (tertiary/aromatic N) is 1. The van der Waals surface area contributed by atoms with Crippen LogP contribution in [0.2, 0.25) is 0 Å². The van der Waals surface area contributed by atoms with Crippen molar-refractivity contribution in [3.8, 4) is 16.9 Å². The Morgan fingerprint density at radius 3 is 1.98 bits per heavy atom. The topological polar surface area (TPSA) is 117 Å². The minimum Gasteiger partial charge on any atom is -0.497 e. The third-order valence-corrected chi connectivity index (χ3v) is 7.11. The van der Waals surface area contributed by atoms with Gasteiger partial charge in [-0.25, -0.2) is 9.52 Å². The molecule has 3 amide bonds. The summed E-state index contributed by atoms with van der Waals surface area (Å²) < 4.78 is 34.8. The van der Waals surface area contributed by atoms with Gasteiger partial charge in [-0.1, -0.05) is 72.8 Å². The van der Waals surface area contributed by atoms with Gasteiger partial charge in [-0.2, -0.15) is 8.42 Å². The van der Waals surface area contributed by atoms with Crippen LogP contribution in [0.15, 0.2) is 109 Å². The molecule has 0 bridgehead atoms. The summed E-state index contributed by atoms with van der Waals surface area (Å²) in [6.45, 7) is 0. The summed E-state index contributed by atoms with van der Waals surface area (Å²) in [5.74, 6) is 0.210. The van der Waals surface area contributed by atoms with Gasteiger partial charge in [0.15, 0.2) is 0 Å². The smallest absolute Gasteiger partial charge is 0.330 e. The fourth-order valence-electron chi connectivity index (χ4n) is 4.07. The van der Waals surface area contributed by atoms with Gasteiger partial charge in [-0.15, -0.1) is 0 Å². The van der Waals surface area contributed by atoms with Crippen molar-refractivity contribution >= 4 is 33.5 Å². The van der Waals surface area contributed by atoms with Crippen LogP contribution < -0.4 is 24.4 Å². The third-order valence-electron chi connectivity index (χ3n) is 6.15. The van der Waals surface area contributed by atoms with E-state index in [1.807, 2.05) is 65.4 Å². The summed E-state index contributed by atoms with van der Waals surface area (Å²) in [7, 11) is -1.16. The number of amides is 3. The normalized spacial score (nSPS) is 11.7. The number of nitrogens with one attached hydrogen (secondary N) is 3. The molecule has 4 aromatic rings. The van der Waals surface area contributed by atoms with Gasteiger partial charge in [0.05, 0.1) is 12.8 Å². The molecule has 4 aromatic carbocycles. The zero-order chi connectivity index (χ0) is 28.5. The molecule has 206 valence electrons. The minimum atomic E-state index is -4.29. The van der Waals surface area contributed by atoms with Crippen LogP contribution >= 0.6 is 0 Å². The molecular formula is C30H30N4O5S. The van der Waals surface area contributed by atoms with Crippen molar-refractivity contribution in [3.63, 3.8) is 0 Å². The van der Waals surface area contributed by atoms with Gasteiger partial charge in [-0.05, 0) is 53.1 Å². The first-order chi connectivity index (χ1) is 19.2. The van der Waals surface area contributed by atoms with Gasteiger partial charge in [0.2, 0.25) is 5.91 Å². The molecule has 40 heavy (non-hydrogen) atoms. The third kappa shape index (κ3) is 7.61. The number of ether oxygens (including phenoxy) is 1. The van der Waals surface area contributed by atoms with Crippen molar-refractivity contribution in [1.29, 1.82) is 0 Å². The number of benzene rings is 4. The summed E-state index contributed by atoms with van der Waals surface area (Å²) in [4.78, 5) is 27.6. The maximum Gasteiger partial charge on any atom is 0.330 e. The largest absolute Gasteiger partial charge is 0.497 e. The molecule has 0 saturated carbocycles. The second-order valence-corrected chi connectivity index (χ2v) is 10.4. The predicted molar refractivity (Wildman–Crippen MR) is 156 cm³/mol. The highest BCUT2D eigenvalue weighted by Crippen LogP contribution is 2.22. The van der Waals surface area contributed by atoms with E-state index in [1.54, 1.807) is 62.7 Å². The fraction of sp³-hybridized carbons (Fsp3) is 0.133. The predicted octanol–water partition coefficient (Wildman–Crippen LogP) is 4.59. The lowest BCUT2D eigenvalue weighted by molar-refractivity contribution is -0.120. The molecule has 1 atom stereocenters. The molecule has 0 heterocycles. The molecule has 0 fully saturated rings. The van der Waals surface area contributed by atoms with Crippen LogP contribution in [-0.4, -0.2) is 40.6 Å². The standard InChI is InChI=1S/C30H30N4O5S/c1-34(26-17-19-27(39-2)20-18-26)29(35)28(21-22-9-5-3-6-10-22)31-30(36)33-40(37,38)32-25-15-13-24(14-16-25)23-11-7-4-8-12-23/h3-20,28,32H,21H2,1-2H3,(H2,31,33,36)/t28-/m0/s1. The van der Waals surface area contributed by atoms with E-state index in [1.165, 1.54) is 4.90 Å².